The predicted molar refractivity (Wildman–Crippen MR) is 95.1 cm³/mol. The van der Waals surface area contributed by atoms with E-state index in [1.54, 1.807) is 19.2 Å². The van der Waals surface area contributed by atoms with Gasteiger partial charge in [0.2, 0.25) is 0 Å². The van der Waals surface area contributed by atoms with Crippen molar-refractivity contribution in [2.24, 2.45) is 7.05 Å². The van der Waals surface area contributed by atoms with E-state index in [9.17, 15) is 9.59 Å². The fourth-order valence-electron chi connectivity index (χ4n) is 3.60. The van der Waals surface area contributed by atoms with Crippen LogP contribution in [0.3, 0.4) is 0 Å². The van der Waals surface area contributed by atoms with E-state index >= 15 is 0 Å². The van der Waals surface area contributed by atoms with Crippen molar-refractivity contribution in [2.75, 3.05) is 13.1 Å². The quantitative estimate of drug-likeness (QED) is 0.845. The number of halogens is 1. The van der Waals surface area contributed by atoms with Crippen LogP contribution in [0.15, 0.2) is 29.1 Å². The monoisotopic (exact) mass is 360 g/mol. The third kappa shape index (κ3) is 2.99. The molecule has 132 valence electrons. The molecule has 25 heavy (non-hydrogen) atoms. The highest BCUT2D eigenvalue weighted by Gasteiger charge is 2.34. The molecule has 0 radical (unpaired) electrons. The molecule has 1 amide bonds. The van der Waals surface area contributed by atoms with Crippen molar-refractivity contribution in [2.45, 2.75) is 37.6 Å². The Balaban J connectivity index is 1.49. The van der Waals surface area contributed by atoms with Crippen LogP contribution in [-0.4, -0.2) is 38.2 Å². The number of carbonyl (C=O) groups excluding carboxylic acids is 1. The highest BCUT2D eigenvalue weighted by atomic mass is 35.5. The number of hydrogen-bond acceptors (Lipinski definition) is 3. The van der Waals surface area contributed by atoms with Crippen LogP contribution in [0.1, 0.15) is 53.8 Å². The second kappa shape index (κ2) is 6.33. The van der Waals surface area contributed by atoms with Gasteiger partial charge < -0.3 is 4.90 Å². The Hall–Kier alpha value is -2.08. The number of amides is 1. The van der Waals surface area contributed by atoms with Crippen LogP contribution in [-0.2, 0) is 7.05 Å². The first kappa shape index (κ1) is 16.4. The van der Waals surface area contributed by atoms with Gasteiger partial charge in [-0.3, -0.25) is 9.36 Å². The van der Waals surface area contributed by atoms with Crippen LogP contribution < -0.4 is 5.69 Å². The summed E-state index contributed by atoms with van der Waals surface area (Å²) >= 11 is 6.15. The van der Waals surface area contributed by atoms with Crippen molar-refractivity contribution in [1.29, 1.82) is 0 Å². The van der Waals surface area contributed by atoms with Gasteiger partial charge in [-0.2, -0.15) is 5.10 Å². The zero-order chi connectivity index (χ0) is 17.6. The molecule has 2 heterocycles. The molecule has 0 spiro atoms. The minimum absolute atomic E-state index is 0.0212. The van der Waals surface area contributed by atoms with Crippen LogP contribution >= 0.6 is 11.6 Å². The van der Waals surface area contributed by atoms with E-state index in [-0.39, 0.29) is 17.5 Å². The summed E-state index contributed by atoms with van der Waals surface area (Å²) in [7, 11) is 1.71. The molecule has 1 aliphatic carbocycles. The number of aryl methyl sites for hydroxylation is 1. The maximum absolute atomic E-state index is 12.7. The highest BCUT2D eigenvalue weighted by Crippen LogP contribution is 2.37. The number of benzene rings is 1. The maximum atomic E-state index is 12.7. The van der Waals surface area contributed by atoms with Crippen molar-refractivity contribution in [3.05, 3.63) is 51.2 Å². The van der Waals surface area contributed by atoms with Gasteiger partial charge in [0, 0.05) is 32.1 Å². The summed E-state index contributed by atoms with van der Waals surface area (Å²) in [6, 6.07) is 7.47. The van der Waals surface area contributed by atoms with Crippen molar-refractivity contribution in [1.82, 2.24) is 19.2 Å². The number of hydrogen-bond donors (Lipinski definition) is 0. The van der Waals surface area contributed by atoms with Gasteiger partial charge in [0.15, 0.2) is 0 Å². The Labute approximate surface area is 151 Å². The summed E-state index contributed by atoms with van der Waals surface area (Å²) in [5.41, 5.74) is 0.530. The molecule has 2 aromatic rings. The summed E-state index contributed by atoms with van der Waals surface area (Å²) in [6.45, 7) is 1.31. The van der Waals surface area contributed by atoms with E-state index in [1.807, 2.05) is 21.6 Å². The highest BCUT2D eigenvalue weighted by molar-refractivity contribution is 6.33. The minimum atomic E-state index is -0.0235. The number of rotatable bonds is 3. The second-order valence-electron chi connectivity index (χ2n) is 6.91. The zero-order valence-electron chi connectivity index (χ0n) is 14.2. The van der Waals surface area contributed by atoms with Crippen molar-refractivity contribution < 1.29 is 4.79 Å². The van der Waals surface area contributed by atoms with E-state index < -0.39 is 0 Å². The lowest BCUT2D eigenvalue weighted by atomic mass is 9.95. The average Bonchev–Trinajstić information content (AvgIpc) is 3.41. The third-order valence-electron chi connectivity index (χ3n) is 5.15. The van der Waals surface area contributed by atoms with Crippen molar-refractivity contribution >= 4 is 17.5 Å². The van der Waals surface area contributed by atoms with E-state index in [4.69, 9.17) is 11.6 Å². The number of aromatic nitrogens is 3. The lowest BCUT2D eigenvalue weighted by Crippen LogP contribution is -2.38. The fourth-order valence-corrected chi connectivity index (χ4v) is 3.82. The Morgan fingerprint density at radius 2 is 1.84 bits per heavy atom. The molecule has 4 rings (SSSR count). The molecule has 1 aromatic carbocycles. The standard InChI is InChI=1S/C18H21ClN4O2/c1-21-18(25)23(13-6-7-13)16(20-21)12-8-10-22(11-9-12)17(24)14-4-2-3-5-15(14)19/h2-5,12-13H,6-11H2,1H3. The first-order valence-electron chi connectivity index (χ1n) is 8.75. The molecule has 1 saturated carbocycles. The average molecular weight is 361 g/mol. The first-order valence-corrected chi connectivity index (χ1v) is 9.13. The van der Waals surface area contributed by atoms with Gasteiger partial charge in [0.05, 0.1) is 10.6 Å². The summed E-state index contributed by atoms with van der Waals surface area (Å²) in [5.74, 6) is 1.09. The molecule has 6 nitrogen and oxygen atoms in total. The molecule has 1 aliphatic heterocycles. The van der Waals surface area contributed by atoms with Crippen LogP contribution in [0.4, 0.5) is 0 Å². The predicted octanol–water partition coefficient (Wildman–Crippen LogP) is 2.59. The van der Waals surface area contributed by atoms with E-state index in [1.165, 1.54) is 4.68 Å². The second-order valence-corrected chi connectivity index (χ2v) is 7.32. The molecular formula is C18H21ClN4O2. The first-order chi connectivity index (χ1) is 12.1. The Morgan fingerprint density at radius 1 is 1.16 bits per heavy atom. The van der Waals surface area contributed by atoms with Crippen molar-refractivity contribution in [3.63, 3.8) is 0 Å². The smallest absolute Gasteiger partial charge is 0.339 e. The molecule has 7 heteroatoms. The molecule has 2 aliphatic rings. The zero-order valence-corrected chi connectivity index (χ0v) is 14.9. The molecule has 1 saturated heterocycles. The summed E-state index contributed by atoms with van der Waals surface area (Å²) < 4.78 is 3.31. The molecule has 0 unspecified atom stereocenters. The van der Waals surface area contributed by atoms with Crippen LogP contribution in [0.25, 0.3) is 0 Å². The van der Waals surface area contributed by atoms with Crippen molar-refractivity contribution in [3.8, 4) is 0 Å². The topological polar surface area (TPSA) is 60.1 Å². The summed E-state index contributed by atoms with van der Waals surface area (Å²) in [5, 5.41) is 4.97. The molecule has 1 aromatic heterocycles. The molecule has 0 N–H and O–H groups in total. The van der Waals surface area contributed by atoms with Crippen LogP contribution in [0.5, 0.6) is 0 Å². The van der Waals surface area contributed by atoms with Crippen LogP contribution in [0.2, 0.25) is 5.02 Å². The van der Waals surface area contributed by atoms with E-state index in [0.717, 1.165) is 31.5 Å². The van der Waals surface area contributed by atoms with Gasteiger partial charge in [0.25, 0.3) is 5.91 Å². The fraction of sp³-hybridized carbons (Fsp3) is 0.500. The number of nitrogens with zero attached hydrogens (tertiary/aromatic N) is 4. The number of piperidine rings is 1. The molecule has 0 atom stereocenters. The molecule has 2 fully saturated rings. The van der Waals surface area contributed by atoms with Gasteiger partial charge in [-0.05, 0) is 37.8 Å². The lowest BCUT2D eigenvalue weighted by Gasteiger charge is -2.31. The third-order valence-corrected chi connectivity index (χ3v) is 5.48. The SMILES string of the molecule is Cn1nc(C2CCN(C(=O)c3ccccc3Cl)CC2)n(C2CC2)c1=O. The van der Waals surface area contributed by atoms with Gasteiger partial charge in [0.1, 0.15) is 5.82 Å². The number of carbonyl (C=O) groups is 1. The number of likely N-dealkylation sites (tertiary alicyclic amines) is 1. The van der Waals surface area contributed by atoms with E-state index in [2.05, 4.69) is 5.10 Å². The van der Waals surface area contributed by atoms with Crippen LogP contribution in [0, 0.1) is 0 Å². The summed E-state index contributed by atoms with van der Waals surface area (Å²) in [6.07, 6.45) is 3.75. The molecular weight excluding hydrogens is 340 g/mol. The van der Waals surface area contributed by atoms with Gasteiger partial charge in [-0.25, -0.2) is 9.48 Å². The van der Waals surface area contributed by atoms with Gasteiger partial charge in [-0.1, -0.05) is 23.7 Å². The van der Waals surface area contributed by atoms with Gasteiger partial charge in [-0.15, -0.1) is 0 Å². The Morgan fingerprint density at radius 3 is 2.48 bits per heavy atom. The van der Waals surface area contributed by atoms with Gasteiger partial charge >= 0.3 is 5.69 Å². The Kier molecular flexibility index (Phi) is 4.15. The maximum Gasteiger partial charge on any atom is 0.345 e. The normalized spacial score (nSPS) is 18.6. The largest absolute Gasteiger partial charge is 0.345 e. The Bertz CT molecular complexity index is 860. The van der Waals surface area contributed by atoms with E-state index in [0.29, 0.717) is 29.7 Å². The lowest BCUT2D eigenvalue weighted by molar-refractivity contribution is 0.0710. The summed E-state index contributed by atoms with van der Waals surface area (Å²) in [4.78, 5) is 26.8. The minimum Gasteiger partial charge on any atom is -0.339 e. The molecule has 0 bridgehead atoms.